The number of likely N-dealkylation sites (N-methyl/N-ethyl adjacent to an activating group) is 1. The second-order valence-corrected chi connectivity index (χ2v) is 13.3. The Bertz CT molecular complexity index is 966. The second-order valence-electron chi connectivity index (χ2n) is 8.29. The minimum atomic E-state index is -0.528. The molecule has 4 aromatic rings. The average Bonchev–Trinajstić information content (AvgIpc) is 3.55. The van der Waals surface area contributed by atoms with Gasteiger partial charge in [0.25, 0.3) is 0 Å². The van der Waals surface area contributed by atoms with Gasteiger partial charge in [-0.3, -0.25) is 0 Å². The quantitative estimate of drug-likeness (QED) is 0.150. The van der Waals surface area contributed by atoms with E-state index in [1.54, 1.807) is 16.2 Å². The number of nitrogens with zero attached hydrogens (tertiary/aromatic N) is 1. The first-order chi connectivity index (χ1) is 16.2. The third-order valence-electron chi connectivity index (χ3n) is 5.73. The molecule has 0 N–H and O–H groups in total. The van der Waals surface area contributed by atoms with E-state index < -0.39 is 7.92 Å². The number of benzene rings is 2. The normalized spacial score (nSPS) is 10.8. The standard InChI is InChI=1S/C25H32NP2.C5H5.Fe/c1-5-27(6-2)24-18-17-21(19-20-26(3)4)25(24)28(22-13-9-7-10-14-22)23-15-11-8-12-16-23;1-2-4-5-3-1;/h7-18H,5-6,19-20H2,1-4H3;1-5H;/q2*-1;+2. The third-order valence-corrected chi connectivity index (χ3v) is 11.1. The summed E-state index contributed by atoms with van der Waals surface area (Å²) in [6.45, 7) is 5.82. The summed E-state index contributed by atoms with van der Waals surface area (Å²) in [4.78, 5) is 2.30. The van der Waals surface area contributed by atoms with Crippen LogP contribution in [0.4, 0.5) is 0 Å². The van der Waals surface area contributed by atoms with Gasteiger partial charge >= 0.3 is 17.1 Å². The average molecular weight is 529 g/mol. The van der Waals surface area contributed by atoms with E-state index in [2.05, 4.69) is 106 Å². The molecule has 4 rings (SSSR count). The van der Waals surface area contributed by atoms with Crippen LogP contribution < -0.4 is 21.2 Å². The fraction of sp³-hybridized carbons (Fsp3) is 0.267. The minimum absolute atomic E-state index is 0. The molecule has 0 atom stereocenters. The van der Waals surface area contributed by atoms with E-state index in [0.29, 0.717) is 0 Å². The Kier molecular flexibility index (Phi) is 13.1. The van der Waals surface area contributed by atoms with Crippen LogP contribution in [0.15, 0.2) is 103 Å². The molecule has 4 aromatic carbocycles. The zero-order valence-corrected chi connectivity index (χ0v) is 23.7. The van der Waals surface area contributed by atoms with Crippen molar-refractivity contribution in [2.45, 2.75) is 20.3 Å². The maximum Gasteiger partial charge on any atom is 2.00 e. The molecule has 0 radical (unpaired) electrons. The van der Waals surface area contributed by atoms with E-state index in [9.17, 15) is 0 Å². The molecule has 0 aliphatic carbocycles. The van der Waals surface area contributed by atoms with Crippen LogP contribution in [0.3, 0.4) is 0 Å². The zero-order chi connectivity index (χ0) is 23.5. The summed E-state index contributed by atoms with van der Waals surface area (Å²) < 4.78 is 0. The molecule has 0 heterocycles. The van der Waals surface area contributed by atoms with E-state index in [0.717, 1.165) is 13.0 Å². The predicted octanol–water partition coefficient (Wildman–Crippen LogP) is 5.82. The zero-order valence-electron chi connectivity index (χ0n) is 20.8. The Labute approximate surface area is 220 Å². The molecule has 0 aliphatic rings. The molecule has 0 aliphatic heterocycles. The van der Waals surface area contributed by atoms with E-state index in [4.69, 9.17) is 0 Å². The predicted molar refractivity (Wildman–Crippen MR) is 153 cm³/mol. The van der Waals surface area contributed by atoms with Crippen molar-refractivity contribution in [3.63, 3.8) is 0 Å². The van der Waals surface area contributed by atoms with Gasteiger partial charge in [0, 0.05) is 0 Å². The molecule has 0 amide bonds. The molecule has 0 saturated heterocycles. The first-order valence-electron chi connectivity index (χ1n) is 11.9. The van der Waals surface area contributed by atoms with Crippen LogP contribution in [0.25, 0.3) is 0 Å². The van der Waals surface area contributed by atoms with Gasteiger partial charge in [0.05, 0.1) is 0 Å². The van der Waals surface area contributed by atoms with Crippen molar-refractivity contribution in [3.8, 4) is 0 Å². The minimum Gasteiger partial charge on any atom is -0.310 e. The van der Waals surface area contributed by atoms with Gasteiger partial charge < -0.3 is 4.90 Å². The molecule has 4 heteroatoms. The largest absolute Gasteiger partial charge is 2.00 e. The van der Waals surface area contributed by atoms with Crippen LogP contribution >= 0.6 is 15.8 Å². The molecule has 180 valence electrons. The summed E-state index contributed by atoms with van der Waals surface area (Å²) in [5, 5.41) is 6.21. The molecule has 0 fully saturated rings. The van der Waals surface area contributed by atoms with Gasteiger partial charge in [-0.15, -0.1) is 18.5 Å². The van der Waals surface area contributed by atoms with E-state index in [-0.39, 0.29) is 25.0 Å². The van der Waals surface area contributed by atoms with Crippen molar-refractivity contribution in [3.05, 3.63) is 109 Å². The van der Waals surface area contributed by atoms with E-state index >= 15 is 0 Å². The molecule has 0 aromatic heterocycles. The van der Waals surface area contributed by atoms with E-state index in [1.807, 2.05) is 30.3 Å². The van der Waals surface area contributed by atoms with Crippen LogP contribution in [0.1, 0.15) is 19.4 Å². The number of hydrogen-bond donors (Lipinski definition) is 0. The third kappa shape index (κ3) is 8.02. The Morgan fingerprint density at radius 3 is 1.71 bits per heavy atom. The van der Waals surface area contributed by atoms with Crippen LogP contribution in [0.2, 0.25) is 0 Å². The van der Waals surface area contributed by atoms with Gasteiger partial charge in [-0.2, -0.15) is 29.8 Å². The van der Waals surface area contributed by atoms with Crippen LogP contribution in [0, 0.1) is 0 Å². The Balaban J connectivity index is 0.000000603. The van der Waals surface area contributed by atoms with Gasteiger partial charge in [0.15, 0.2) is 0 Å². The monoisotopic (exact) mass is 529 g/mol. The van der Waals surface area contributed by atoms with Crippen LogP contribution in [0.5, 0.6) is 0 Å². The second kappa shape index (κ2) is 15.5. The maximum atomic E-state index is 2.46. The molecule has 0 unspecified atom stereocenters. The Morgan fingerprint density at radius 1 is 0.765 bits per heavy atom. The van der Waals surface area contributed by atoms with Crippen molar-refractivity contribution in [1.29, 1.82) is 0 Å². The van der Waals surface area contributed by atoms with Crippen molar-refractivity contribution in [2.75, 3.05) is 33.0 Å². The van der Waals surface area contributed by atoms with Crippen molar-refractivity contribution in [2.24, 2.45) is 0 Å². The van der Waals surface area contributed by atoms with Gasteiger partial charge in [-0.1, -0.05) is 80.9 Å². The smallest absolute Gasteiger partial charge is 0.310 e. The summed E-state index contributed by atoms with van der Waals surface area (Å²) in [5.41, 5.74) is 1.55. The molecular weight excluding hydrogens is 492 g/mol. The van der Waals surface area contributed by atoms with Gasteiger partial charge in [-0.25, -0.2) is 18.2 Å². The molecule has 0 bridgehead atoms. The molecule has 1 nitrogen and oxygen atoms in total. The van der Waals surface area contributed by atoms with Crippen molar-refractivity contribution >= 4 is 37.1 Å². The van der Waals surface area contributed by atoms with Crippen LogP contribution in [-0.4, -0.2) is 37.9 Å². The summed E-state index contributed by atoms with van der Waals surface area (Å²) in [7, 11) is 3.73. The summed E-state index contributed by atoms with van der Waals surface area (Å²) >= 11 is 0. The fourth-order valence-electron chi connectivity index (χ4n) is 4.01. The SMILES string of the molecule is CCP(CC)[c-]1ccc(CCN(C)C)c1P(c1ccccc1)c1ccccc1.[Fe+2].c1cc[cH-]c1. The summed E-state index contributed by atoms with van der Waals surface area (Å²) in [6.07, 6.45) is 3.66. The topological polar surface area (TPSA) is 3.24 Å². The van der Waals surface area contributed by atoms with Crippen LogP contribution in [-0.2, 0) is 23.5 Å². The Hall–Kier alpha value is -1.52. The molecular formula is C30H37FeNP2. The van der Waals surface area contributed by atoms with Gasteiger partial charge in [0.2, 0.25) is 0 Å². The molecule has 0 saturated carbocycles. The first kappa shape index (κ1) is 28.7. The van der Waals surface area contributed by atoms with Gasteiger partial charge in [0.1, 0.15) is 0 Å². The van der Waals surface area contributed by atoms with Gasteiger partial charge in [-0.05, 0) is 51.5 Å². The van der Waals surface area contributed by atoms with Crippen molar-refractivity contribution < 1.29 is 17.1 Å². The number of rotatable bonds is 9. The number of hydrogen-bond acceptors (Lipinski definition) is 1. The maximum absolute atomic E-state index is 2.46. The fourth-order valence-corrected chi connectivity index (χ4v) is 9.12. The summed E-state index contributed by atoms with van der Waals surface area (Å²) in [5.74, 6) is 0. The summed E-state index contributed by atoms with van der Waals surface area (Å²) in [6, 6.07) is 37.2. The molecule has 34 heavy (non-hydrogen) atoms. The Morgan fingerprint density at radius 2 is 1.29 bits per heavy atom. The van der Waals surface area contributed by atoms with E-state index in [1.165, 1.54) is 22.9 Å². The first-order valence-corrected chi connectivity index (χ1v) is 15.0. The van der Waals surface area contributed by atoms with Crippen molar-refractivity contribution in [1.82, 2.24) is 4.90 Å². The molecule has 0 spiro atoms.